The molecule has 0 amide bonds. The van der Waals surface area contributed by atoms with Gasteiger partial charge >= 0.3 is 6.18 Å². The Morgan fingerprint density at radius 2 is 1.84 bits per heavy atom. The maximum Gasteiger partial charge on any atom is 0.416 e. The third kappa shape index (κ3) is 2.88. The van der Waals surface area contributed by atoms with Crippen LogP contribution in [0.3, 0.4) is 0 Å². The number of allylic oxidation sites excluding steroid dienone is 2. The van der Waals surface area contributed by atoms with Crippen molar-refractivity contribution in [3.05, 3.63) is 47.0 Å². The van der Waals surface area contributed by atoms with Crippen molar-refractivity contribution in [2.75, 3.05) is 0 Å². The van der Waals surface area contributed by atoms with Gasteiger partial charge in [0.2, 0.25) is 0 Å². The van der Waals surface area contributed by atoms with Crippen molar-refractivity contribution in [2.24, 2.45) is 0 Å². The lowest BCUT2D eigenvalue weighted by Crippen LogP contribution is -2.23. The van der Waals surface area contributed by atoms with E-state index in [0.717, 1.165) is 48.8 Å². The van der Waals surface area contributed by atoms with Crippen LogP contribution in [0.1, 0.15) is 37.3 Å². The van der Waals surface area contributed by atoms with Gasteiger partial charge in [0.15, 0.2) is 0 Å². The first-order valence-electron chi connectivity index (χ1n) is 6.20. The van der Waals surface area contributed by atoms with E-state index in [1.165, 1.54) is 12.1 Å². The quantitative estimate of drug-likeness (QED) is 0.732. The Morgan fingerprint density at radius 3 is 2.37 bits per heavy atom. The van der Waals surface area contributed by atoms with Crippen LogP contribution in [0.2, 0.25) is 0 Å². The standard InChI is InChI=1S/C15H15F3O/c1-14(8-2-3-11(9-14)10-19)12-4-6-13(7-5-12)15(16,17)18/h4-7,9-10H,2-3,8H2,1H3/t14-/m1/s1. The number of hydrogen-bond donors (Lipinski definition) is 0. The van der Waals surface area contributed by atoms with Crippen LogP contribution in [-0.4, -0.2) is 6.29 Å². The topological polar surface area (TPSA) is 17.1 Å². The van der Waals surface area contributed by atoms with Crippen molar-refractivity contribution in [1.29, 1.82) is 0 Å². The van der Waals surface area contributed by atoms with Crippen molar-refractivity contribution in [3.8, 4) is 0 Å². The summed E-state index contributed by atoms with van der Waals surface area (Å²) >= 11 is 0. The molecule has 0 saturated carbocycles. The second-order valence-electron chi connectivity index (χ2n) is 5.18. The summed E-state index contributed by atoms with van der Waals surface area (Å²) in [6, 6.07) is 5.22. The number of benzene rings is 1. The van der Waals surface area contributed by atoms with Gasteiger partial charge in [0.1, 0.15) is 6.29 Å². The van der Waals surface area contributed by atoms with Crippen LogP contribution in [-0.2, 0) is 16.4 Å². The summed E-state index contributed by atoms with van der Waals surface area (Å²) in [6.45, 7) is 1.96. The zero-order chi connectivity index (χ0) is 14.1. The number of halogens is 3. The predicted octanol–water partition coefficient (Wildman–Crippen LogP) is 4.27. The molecule has 2 rings (SSSR count). The Morgan fingerprint density at radius 1 is 1.21 bits per heavy atom. The number of rotatable bonds is 2. The molecule has 0 spiro atoms. The van der Waals surface area contributed by atoms with E-state index in [0.29, 0.717) is 0 Å². The Balaban J connectivity index is 2.34. The molecule has 1 atom stereocenters. The van der Waals surface area contributed by atoms with E-state index < -0.39 is 11.7 Å². The van der Waals surface area contributed by atoms with Crippen molar-refractivity contribution in [1.82, 2.24) is 0 Å². The Kier molecular flexibility index (Phi) is 3.52. The fourth-order valence-corrected chi connectivity index (χ4v) is 2.57. The minimum absolute atomic E-state index is 0.349. The highest BCUT2D eigenvalue weighted by Crippen LogP contribution is 2.38. The number of aldehydes is 1. The normalized spacial score (nSPS) is 23.9. The Hall–Kier alpha value is -1.58. The first-order chi connectivity index (χ1) is 8.85. The highest BCUT2D eigenvalue weighted by atomic mass is 19.4. The van der Waals surface area contributed by atoms with Crippen LogP contribution in [0.15, 0.2) is 35.9 Å². The molecule has 1 nitrogen and oxygen atoms in total. The van der Waals surface area contributed by atoms with Gasteiger partial charge in [-0.25, -0.2) is 0 Å². The average Bonchev–Trinajstić information content (AvgIpc) is 2.38. The number of hydrogen-bond acceptors (Lipinski definition) is 1. The van der Waals surface area contributed by atoms with Crippen LogP contribution in [0.5, 0.6) is 0 Å². The highest BCUT2D eigenvalue weighted by Gasteiger charge is 2.32. The van der Waals surface area contributed by atoms with Gasteiger partial charge in [-0.1, -0.05) is 25.1 Å². The molecule has 0 N–H and O–H groups in total. The fraction of sp³-hybridized carbons (Fsp3) is 0.400. The van der Waals surface area contributed by atoms with E-state index in [9.17, 15) is 18.0 Å². The van der Waals surface area contributed by atoms with Gasteiger partial charge in [-0.05, 0) is 42.5 Å². The van der Waals surface area contributed by atoms with Crippen LogP contribution >= 0.6 is 0 Å². The lowest BCUT2D eigenvalue weighted by Gasteiger charge is -2.31. The summed E-state index contributed by atoms with van der Waals surface area (Å²) in [6.07, 6.45) is 0.876. The average molecular weight is 268 g/mol. The van der Waals surface area contributed by atoms with E-state index in [2.05, 4.69) is 0 Å². The largest absolute Gasteiger partial charge is 0.416 e. The Bertz CT molecular complexity index is 499. The zero-order valence-electron chi connectivity index (χ0n) is 10.6. The van der Waals surface area contributed by atoms with E-state index >= 15 is 0 Å². The van der Waals surface area contributed by atoms with Gasteiger partial charge in [0, 0.05) is 5.41 Å². The molecule has 1 aromatic carbocycles. The molecule has 0 unspecified atom stereocenters. The zero-order valence-corrected chi connectivity index (χ0v) is 10.6. The first kappa shape index (κ1) is 13.8. The predicted molar refractivity (Wildman–Crippen MR) is 66.8 cm³/mol. The highest BCUT2D eigenvalue weighted by molar-refractivity contribution is 5.74. The van der Waals surface area contributed by atoms with E-state index in [1.54, 1.807) is 0 Å². The number of carbonyl (C=O) groups excluding carboxylic acids is 1. The summed E-state index contributed by atoms with van der Waals surface area (Å²) in [5.41, 5.74) is 0.557. The molecule has 0 radical (unpaired) electrons. The van der Waals surface area contributed by atoms with Gasteiger partial charge in [0.05, 0.1) is 5.56 Å². The third-order valence-corrected chi connectivity index (χ3v) is 3.69. The SMILES string of the molecule is C[C@]1(c2ccc(C(F)(F)F)cc2)C=C(C=O)CCC1. The minimum Gasteiger partial charge on any atom is -0.298 e. The number of alkyl halides is 3. The number of carbonyl (C=O) groups is 1. The molecule has 1 aromatic rings. The molecule has 19 heavy (non-hydrogen) atoms. The molecule has 4 heteroatoms. The molecule has 0 aromatic heterocycles. The minimum atomic E-state index is -4.31. The van der Waals surface area contributed by atoms with Gasteiger partial charge in [0.25, 0.3) is 0 Å². The summed E-state index contributed by atoms with van der Waals surface area (Å²) < 4.78 is 37.5. The Labute approximate surface area is 110 Å². The van der Waals surface area contributed by atoms with Crippen LogP contribution in [0.4, 0.5) is 13.2 Å². The van der Waals surface area contributed by atoms with Gasteiger partial charge < -0.3 is 0 Å². The second-order valence-corrected chi connectivity index (χ2v) is 5.18. The molecule has 1 aliphatic carbocycles. The van der Waals surface area contributed by atoms with Crippen LogP contribution in [0, 0.1) is 0 Å². The van der Waals surface area contributed by atoms with E-state index in [4.69, 9.17) is 0 Å². The molecule has 0 aliphatic heterocycles. The molecule has 0 bridgehead atoms. The fourth-order valence-electron chi connectivity index (χ4n) is 2.57. The molecular formula is C15H15F3O. The van der Waals surface area contributed by atoms with Crippen molar-refractivity contribution < 1.29 is 18.0 Å². The first-order valence-corrected chi connectivity index (χ1v) is 6.20. The van der Waals surface area contributed by atoms with Crippen molar-refractivity contribution in [2.45, 2.75) is 37.8 Å². The summed E-state index contributed by atoms with van der Waals surface area (Å²) in [5.74, 6) is 0. The van der Waals surface area contributed by atoms with Crippen molar-refractivity contribution >= 4 is 6.29 Å². The third-order valence-electron chi connectivity index (χ3n) is 3.69. The molecule has 102 valence electrons. The smallest absolute Gasteiger partial charge is 0.298 e. The van der Waals surface area contributed by atoms with Crippen LogP contribution in [0.25, 0.3) is 0 Å². The monoisotopic (exact) mass is 268 g/mol. The lowest BCUT2D eigenvalue weighted by atomic mass is 9.73. The van der Waals surface area contributed by atoms with Gasteiger partial charge in [-0.3, -0.25) is 4.79 Å². The summed E-state index contributed by atoms with van der Waals surface area (Å²) in [5, 5.41) is 0. The van der Waals surface area contributed by atoms with E-state index in [-0.39, 0.29) is 5.41 Å². The maximum absolute atomic E-state index is 12.5. The molecule has 0 saturated heterocycles. The molecule has 1 aliphatic rings. The van der Waals surface area contributed by atoms with Gasteiger partial charge in [-0.2, -0.15) is 13.2 Å². The molecule has 0 heterocycles. The second kappa shape index (κ2) is 4.83. The molecule has 0 fully saturated rings. The summed E-state index contributed by atoms with van der Waals surface area (Å²) in [4.78, 5) is 10.8. The summed E-state index contributed by atoms with van der Waals surface area (Å²) in [7, 11) is 0. The maximum atomic E-state index is 12.5. The molecular weight excluding hydrogens is 253 g/mol. The van der Waals surface area contributed by atoms with E-state index in [1.807, 2.05) is 13.0 Å². The van der Waals surface area contributed by atoms with Crippen molar-refractivity contribution in [3.63, 3.8) is 0 Å². The van der Waals surface area contributed by atoms with Crippen LogP contribution < -0.4 is 0 Å². The van der Waals surface area contributed by atoms with Gasteiger partial charge in [-0.15, -0.1) is 0 Å². The lowest BCUT2D eigenvalue weighted by molar-refractivity contribution is -0.137.